The number of hydrogen-bond acceptors (Lipinski definition) is 2. The molecular weight excluding hydrogens is 220 g/mol. The van der Waals surface area contributed by atoms with Crippen LogP contribution in [-0.4, -0.2) is 45.2 Å². The SMILES string of the molecule is CC(C)(C)C(C(=O)O)(C(=O)O)C(C)(C)C.[MgH2]. The Morgan fingerprint density at radius 1 is 0.750 bits per heavy atom. The summed E-state index contributed by atoms with van der Waals surface area (Å²) in [6.07, 6.45) is 0. The Morgan fingerprint density at radius 2 is 0.938 bits per heavy atom. The molecule has 0 bridgehead atoms. The van der Waals surface area contributed by atoms with Crippen molar-refractivity contribution in [2.75, 3.05) is 0 Å². The summed E-state index contributed by atoms with van der Waals surface area (Å²) in [5, 5.41) is 18.6. The van der Waals surface area contributed by atoms with Crippen LogP contribution < -0.4 is 0 Å². The number of aliphatic carboxylic acids is 2. The standard InChI is InChI=1S/C11H20O4.Mg.2H/c1-9(2,3)11(7(12)13,8(14)15)10(4,5)6;;;/h1-6H3,(H,12,13)(H,14,15);;;. The molecule has 92 valence electrons. The molecule has 0 aromatic heterocycles. The Balaban J connectivity index is 0. The van der Waals surface area contributed by atoms with E-state index in [-0.39, 0.29) is 23.1 Å². The van der Waals surface area contributed by atoms with E-state index in [9.17, 15) is 19.8 Å². The predicted molar refractivity (Wildman–Crippen MR) is 65.2 cm³/mol. The first kappa shape index (κ1) is 18.1. The number of carbonyl (C=O) groups is 2. The van der Waals surface area contributed by atoms with Crippen molar-refractivity contribution in [1.82, 2.24) is 0 Å². The molecule has 0 amide bonds. The minimum atomic E-state index is -1.79. The van der Waals surface area contributed by atoms with E-state index in [1.165, 1.54) is 0 Å². The van der Waals surface area contributed by atoms with E-state index in [0.29, 0.717) is 0 Å². The van der Waals surface area contributed by atoms with Gasteiger partial charge in [-0.2, -0.15) is 0 Å². The van der Waals surface area contributed by atoms with Crippen molar-refractivity contribution in [2.45, 2.75) is 41.5 Å². The first-order chi connectivity index (χ1) is 6.39. The molecule has 0 aromatic carbocycles. The van der Waals surface area contributed by atoms with Crippen LogP contribution in [0.15, 0.2) is 0 Å². The normalized spacial score (nSPS) is 12.9. The van der Waals surface area contributed by atoms with Gasteiger partial charge in [-0.25, -0.2) is 0 Å². The molecule has 0 spiro atoms. The maximum Gasteiger partial charge on any atom is 0.322 e. The molecule has 0 heterocycles. The fraction of sp³-hybridized carbons (Fsp3) is 0.818. The van der Waals surface area contributed by atoms with Gasteiger partial charge in [0.1, 0.15) is 0 Å². The van der Waals surface area contributed by atoms with Gasteiger partial charge in [-0.05, 0) is 10.8 Å². The number of carboxylic acids is 2. The maximum atomic E-state index is 11.4. The quantitative estimate of drug-likeness (QED) is 0.566. The Hall–Kier alpha value is -0.294. The van der Waals surface area contributed by atoms with Crippen LogP contribution >= 0.6 is 0 Å². The van der Waals surface area contributed by atoms with Crippen LogP contribution in [0.1, 0.15) is 41.5 Å². The third kappa shape index (κ3) is 2.51. The molecule has 0 aliphatic heterocycles. The van der Waals surface area contributed by atoms with E-state index in [4.69, 9.17) is 0 Å². The number of carboxylic acid groups (broad SMARTS) is 2. The molecule has 0 aliphatic carbocycles. The van der Waals surface area contributed by atoms with Crippen LogP contribution in [-0.2, 0) is 9.59 Å². The van der Waals surface area contributed by atoms with Crippen LogP contribution in [0.2, 0.25) is 0 Å². The molecule has 0 radical (unpaired) electrons. The van der Waals surface area contributed by atoms with Crippen molar-refractivity contribution < 1.29 is 19.8 Å². The van der Waals surface area contributed by atoms with Crippen LogP contribution in [0.3, 0.4) is 0 Å². The largest absolute Gasteiger partial charge is 0.480 e. The zero-order valence-electron chi connectivity index (χ0n) is 10.2. The van der Waals surface area contributed by atoms with Gasteiger partial charge in [0.05, 0.1) is 0 Å². The molecule has 2 N–H and O–H groups in total. The van der Waals surface area contributed by atoms with Gasteiger partial charge < -0.3 is 10.2 Å². The van der Waals surface area contributed by atoms with E-state index < -0.39 is 28.2 Å². The van der Waals surface area contributed by atoms with Crippen LogP contribution in [0.25, 0.3) is 0 Å². The molecule has 0 unspecified atom stereocenters. The van der Waals surface area contributed by atoms with Gasteiger partial charge in [-0.1, -0.05) is 41.5 Å². The Kier molecular flexibility index (Phi) is 5.56. The van der Waals surface area contributed by atoms with E-state index in [0.717, 1.165) is 0 Å². The van der Waals surface area contributed by atoms with Gasteiger partial charge in [0.2, 0.25) is 0 Å². The van der Waals surface area contributed by atoms with E-state index >= 15 is 0 Å². The second-order valence-corrected chi connectivity index (χ2v) is 5.86. The monoisotopic (exact) mass is 242 g/mol. The zero-order chi connectivity index (χ0) is 12.7. The maximum absolute atomic E-state index is 11.4. The lowest BCUT2D eigenvalue weighted by atomic mass is 9.54. The summed E-state index contributed by atoms with van der Waals surface area (Å²) in [4.78, 5) is 22.8. The van der Waals surface area contributed by atoms with E-state index in [2.05, 4.69) is 0 Å². The van der Waals surface area contributed by atoms with Crippen molar-refractivity contribution in [3.8, 4) is 0 Å². The molecule has 16 heavy (non-hydrogen) atoms. The molecule has 0 atom stereocenters. The summed E-state index contributed by atoms with van der Waals surface area (Å²) in [6, 6.07) is 0. The molecule has 0 fully saturated rings. The molecule has 0 aromatic rings. The highest BCUT2D eigenvalue weighted by molar-refractivity contribution is 6.00. The summed E-state index contributed by atoms with van der Waals surface area (Å²) in [7, 11) is 0. The fourth-order valence-electron chi connectivity index (χ4n) is 2.50. The lowest BCUT2D eigenvalue weighted by Crippen LogP contribution is -2.57. The fourth-order valence-corrected chi connectivity index (χ4v) is 2.50. The topological polar surface area (TPSA) is 74.6 Å². The van der Waals surface area contributed by atoms with Gasteiger partial charge in [-0.3, -0.25) is 9.59 Å². The molecule has 0 rings (SSSR count). The second-order valence-electron chi connectivity index (χ2n) is 5.86. The minimum Gasteiger partial charge on any atom is -0.480 e. The number of rotatable bonds is 2. The molecule has 0 aliphatic rings. The first-order valence-electron chi connectivity index (χ1n) is 4.86. The Bertz CT molecular complexity index is 253. The summed E-state index contributed by atoms with van der Waals surface area (Å²) < 4.78 is 0. The third-order valence-corrected chi connectivity index (χ3v) is 2.89. The van der Waals surface area contributed by atoms with Gasteiger partial charge in [0.15, 0.2) is 5.41 Å². The van der Waals surface area contributed by atoms with Gasteiger partial charge in [0.25, 0.3) is 0 Å². The molecule has 0 saturated heterocycles. The van der Waals surface area contributed by atoms with Crippen molar-refractivity contribution >= 4 is 35.0 Å². The summed E-state index contributed by atoms with van der Waals surface area (Å²) >= 11 is 0. The molecule has 4 nitrogen and oxygen atoms in total. The first-order valence-corrected chi connectivity index (χ1v) is 4.86. The highest BCUT2D eigenvalue weighted by Crippen LogP contribution is 2.51. The summed E-state index contributed by atoms with van der Waals surface area (Å²) in [5.74, 6) is -2.56. The molecule has 5 heteroatoms. The Morgan fingerprint density at radius 3 is 0.938 bits per heavy atom. The van der Waals surface area contributed by atoms with Crippen LogP contribution in [0.4, 0.5) is 0 Å². The van der Waals surface area contributed by atoms with Crippen molar-refractivity contribution in [1.29, 1.82) is 0 Å². The lowest BCUT2D eigenvalue weighted by molar-refractivity contribution is -0.186. The zero-order valence-corrected chi connectivity index (χ0v) is 10.2. The Labute approximate surface area is 113 Å². The highest BCUT2D eigenvalue weighted by atomic mass is 24.3. The molecular formula is C11H22MgO4. The van der Waals surface area contributed by atoms with Crippen molar-refractivity contribution in [2.24, 2.45) is 16.2 Å². The van der Waals surface area contributed by atoms with Crippen molar-refractivity contribution in [3.63, 3.8) is 0 Å². The van der Waals surface area contributed by atoms with E-state index in [1.807, 2.05) is 0 Å². The van der Waals surface area contributed by atoms with Crippen molar-refractivity contribution in [3.05, 3.63) is 0 Å². The van der Waals surface area contributed by atoms with E-state index in [1.54, 1.807) is 41.5 Å². The van der Waals surface area contributed by atoms with Gasteiger partial charge >= 0.3 is 35.0 Å². The highest BCUT2D eigenvalue weighted by Gasteiger charge is 2.62. The lowest BCUT2D eigenvalue weighted by Gasteiger charge is -2.46. The molecule has 0 saturated carbocycles. The number of hydrogen-bond donors (Lipinski definition) is 2. The minimum absolute atomic E-state index is 0. The summed E-state index contributed by atoms with van der Waals surface area (Å²) in [6.45, 7) is 9.84. The summed E-state index contributed by atoms with van der Waals surface area (Å²) in [5.41, 5.74) is -3.51. The van der Waals surface area contributed by atoms with Crippen LogP contribution in [0.5, 0.6) is 0 Å². The van der Waals surface area contributed by atoms with Gasteiger partial charge in [-0.15, -0.1) is 0 Å². The third-order valence-electron chi connectivity index (χ3n) is 2.89. The average molecular weight is 243 g/mol. The smallest absolute Gasteiger partial charge is 0.322 e. The van der Waals surface area contributed by atoms with Crippen LogP contribution in [0, 0.1) is 16.2 Å². The van der Waals surface area contributed by atoms with Gasteiger partial charge in [0, 0.05) is 0 Å². The second kappa shape index (κ2) is 4.92. The average Bonchev–Trinajstić information content (AvgIpc) is 1.75. The predicted octanol–water partition coefficient (Wildman–Crippen LogP) is 1.32.